The Bertz CT molecular complexity index is 1240. The second kappa shape index (κ2) is 8.40. The highest BCUT2D eigenvalue weighted by Gasteiger charge is 2.39. The number of anilines is 1. The molecule has 1 N–H and O–H groups in total. The van der Waals surface area contributed by atoms with Crippen LogP contribution in [-0.2, 0) is 16.1 Å². The van der Waals surface area contributed by atoms with E-state index in [-0.39, 0.29) is 18.1 Å². The normalized spacial score (nSPS) is 15.3. The van der Waals surface area contributed by atoms with Crippen molar-refractivity contribution in [3.8, 4) is 11.5 Å². The predicted molar refractivity (Wildman–Crippen MR) is 121 cm³/mol. The molecule has 0 aromatic heterocycles. The molecule has 6 nitrogen and oxygen atoms in total. The quantitative estimate of drug-likeness (QED) is 0.584. The van der Waals surface area contributed by atoms with Gasteiger partial charge in [-0.2, -0.15) is 0 Å². The summed E-state index contributed by atoms with van der Waals surface area (Å²) >= 11 is 6.28. The van der Waals surface area contributed by atoms with Gasteiger partial charge in [-0.3, -0.25) is 14.5 Å². The SMILES string of the molecule is O=C1C(Nc2ccc3c(c2)OCCO3)=C(c2ccccc2)C(=O)N1Cc1ccccc1Cl. The number of fused-ring (bicyclic) bond motifs is 1. The van der Waals surface area contributed by atoms with E-state index in [0.717, 1.165) is 0 Å². The molecule has 0 fully saturated rings. The largest absolute Gasteiger partial charge is 0.486 e. The van der Waals surface area contributed by atoms with E-state index in [0.29, 0.717) is 52.1 Å². The average molecular weight is 447 g/mol. The Hall–Kier alpha value is -3.77. The number of ether oxygens (including phenoxy) is 2. The van der Waals surface area contributed by atoms with Gasteiger partial charge in [0.05, 0.1) is 12.1 Å². The van der Waals surface area contributed by atoms with Gasteiger partial charge in [0.25, 0.3) is 11.8 Å². The van der Waals surface area contributed by atoms with Crippen LogP contribution in [0, 0.1) is 0 Å². The van der Waals surface area contributed by atoms with Gasteiger partial charge in [-0.1, -0.05) is 60.1 Å². The van der Waals surface area contributed by atoms with E-state index in [4.69, 9.17) is 21.1 Å². The summed E-state index contributed by atoms with van der Waals surface area (Å²) < 4.78 is 11.2. The van der Waals surface area contributed by atoms with Crippen molar-refractivity contribution < 1.29 is 19.1 Å². The van der Waals surface area contributed by atoms with Crippen molar-refractivity contribution in [2.75, 3.05) is 18.5 Å². The number of nitrogens with one attached hydrogen (secondary N) is 1. The summed E-state index contributed by atoms with van der Waals surface area (Å²) in [6.45, 7) is 1.03. The zero-order chi connectivity index (χ0) is 22.1. The molecule has 0 aliphatic carbocycles. The summed E-state index contributed by atoms with van der Waals surface area (Å²) in [5, 5.41) is 3.65. The first-order valence-electron chi connectivity index (χ1n) is 10.2. The number of carbonyl (C=O) groups is 2. The van der Waals surface area contributed by atoms with E-state index in [1.807, 2.05) is 42.5 Å². The average Bonchev–Trinajstić information content (AvgIpc) is 3.05. The first-order chi connectivity index (χ1) is 15.6. The molecule has 2 amide bonds. The first kappa shape index (κ1) is 20.2. The van der Waals surface area contributed by atoms with Crippen LogP contribution in [0.1, 0.15) is 11.1 Å². The molecular weight excluding hydrogens is 428 g/mol. The van der Waals surface area contributed by atoms with Gasteiger partial charge in [0, 0.05) is 16.8 Å². The highest BCUT2D eigenvalue weighted by atomic mass is 35.5. The minimum absolute atomic E-state index is 0.0833. The Balaban J connectivity index is 1.52. The standard InChI is InChI=1S/C25H19ClN2O4/c26-19-9-5-4-8-17(19)15-28-24(29)22(16-6-2-1-3-7-16)23(25(28)30)27-18-10-11-20-21(14-18)32-13-12-31-20/h1-11,14,27H,12-13,15H2. The highest BCUT2D eigenvalue weighted by Crippen LogP contribution is 2.36. The first-order valence-corrected chi connectivity index (χ1v) is 10.6. The molecule has 0 saturated heterocycles. The second-order valence-electron chi connectivity index (χ2n) is 7.39. The smallest absolute Gasteiger partial charge is 0.278 e. The van der Waals surface area contributed by atoms with Crippen molar-refractivity contribution in [2.24, 2.45) is 0 Å². The Morgan fingerprint density at radius 2 is 1.56 bits per heavy atom. The number of rotatable bonds is 5. The molecule has 0 atom stereocenters. The van der Waals surface area contributed by atoms with E-state index in [1.54, 1.807) is 30.3 Å². The highest BCUT2D eigenvalue weighted by molar-refractivity contribution is 6.36. The van der Waals surface area contributed by atoms with Gasteiger partial charge in [-0.05, 0) is 29.3 Å². The lowest BCUT2D eigenvalue weighted by Crippen LogP contribution is -2.32. The van der Waals surface area contributed by atoms with Crippen molar-refractivity contribution >= 4 is 34.7 Å². The van der Waals surface area contributed by atoms with Crippen LogP contribution < -0.4 is 14.8 Å². The summed E-state index contributed by atoms with van der Waals surface area (Å²) in [4.78, 5) is 28.0. The molecule has 7 heteroatoms. The Kier molecular flexibility index (Phi) is 5.29. The molecule has 2 aliphatic rings. The fourth-order valence-electron chi connectivity index (χ4n) is 3.77. The second-order valence-corrected chi connectivity index (χ2v) is 7.79. The minimum atomic E-state index is -0.413. The molecule has 2 heterocycles. The van der Waals surface area contributed by atoms with Crippen LogP contribution in [0.3, 0.4) is 0 Å². The summed E-state index contributed by atoms with van der Waals surface area (Å²) in [7, 11) is 0. The maximum absolute atomic E-state index is 13.4. The van der Waals surface area contributed by atoms with Gasteiger partial charge in [0.2, 0.25) is 0 Å². The molecule has 0 spiro atoms. The van der Waals surface area contributed by atoms with Gasteiger partial charge in [-0.25, -0.2) is 0 Å². The monoisotopic (exact) mass is 446 g/mol. The van der Waals surface area contributed by atoms with Crippen LogP contribution in [-0.4, -0.2) is 29.9 Å². The number of halogens is 1. The number of benzene rings is 3. The fraction of sp³-hybridized carbons (Fsp3) is 0.120. The summed E-state index contributed by atoms with van der Waals surface area (Å²) in [5.74, 6) is 0.450. The third kappa shape index (κ3) is 3.69. The number of hydrogen-bond donors (Lipinski definition) is 1. The molecule has 3 aromatic rings. The van der Waals surface area contributed by atoms with Crippen LogP contribution in [0.2, 0.25) is 5.02 Å². The molecule has 2 aliphatic heterocycles. The van der Waals surface area contributed by atoms with Crippen LogP contribution in [0.5, 0.6) is 11.5 Å². The van der Waals surface area contributed by atoms with Crippen LogP contribution in [0.25, 0.3) is 5.57 Å². The molecule has 0 bridgehead atoms. The van der Waals surface area contributed by atoms with Crippen LogP contribution >= 0.6 is 11.6 Å². The van der Waals surface area contributed by atoms with E-state index >= 15 is 0 Å². The third-order valence-corrected chi connectivity index (χ3v) is 5.70. The zero-order valence-electron chi connectivity index (χ0n) is 17.0. The number of amides is 2. The maximum atomic E-state index is 13.4. The molecule has 0 radical (unpaired) electrons. The van der Waals surface area contributed by atoms with Gasteiger partial charge in [-0.15, -0.1) is 0 Å². The van der Waals surface area contributed by atoms with Gasteiger partial charge < -0.3 is 14.8 Å². The van der Waals surface area contributed by atoms with Crippen molar-refractivity contribution in [3.63, 3.8) is 0 Å². The summed E-state index contributed by atoms with van der Waals surface area (Å²) in [5.41, 5.74) is 2.51. The molecule has 0 saturated carbocycles. The summed E-state index contributed by atoms with van der Waals surface area (Å²) in [6, 6.07) is 21.7. The number of imide groups is 1. The van der Waals surface area contributed by atoms with Crippen molar-refractivity contribution in [1.82, 2.24) is 4.90 Å². The molecular formula is C25H19ClN2O4. The predicted octanol–water partition coefficient (Wildman–Crippen LogP) is 4.50. The molecule has 0 unspecified atom stereocenters. The number of carbonyl (C=O) groups excluding carboxylic acids is 2. The van der Waals surface area contributed by atoms with Crippen molar-refractivity contribution in [3.05, 3.63) is 94.6 Å². The molecule has 32 heavy (non-hydrogen) atoms. The van der Waals surface area contributed by atoms with Crippen molar-refractivity contribution in [1.29, 1.82) is 0 Å². The Morgan fingerprint density at radius 1 is 0.844 bits per heavy atom. The number of hydrogen-bond acceptors (Lipinski definition) is 5. The number of nitrogens with zero attached hydrogens (tertiary/aromatic N) is 1. The minimum Gasteiger partial charge on any atom is -0.486 e. The van der Waals surface area contributed by atoms with E-state index in [2.05, 4.69) is 5.32 Å². The van der Waals surface area contributed by atoms with Crippen LogP contribution in [0.4, 0.5) is 5.69 Å². The van der Waals surface area contributed by atoms with E-state index in [1.165, 1.54) is 4.90 Å². The maximum Gasteiger partial charge on any atom is 0.278 e. The summed E-state index contributed by atoms with van der Waals surface area (Å²) in [6.07, 6.45) is 0. The van der Waals surface area contributed by atoms with Gasteiger partial charge in [0.15, 0.2) is 11.5 Å². The van der Waals surface area contributed by atoms with Gasteiger partial charge >= 0.3 is 0 Å². The molecule has 3 aromatic carbocycles. The lowest BCUT2D eigenvalue weighted by molar-refractivity contribution is -0.137. The van der Waals surface area contributed by atoms with Gasteiger partial charge in [0.1, 0.15) is 18.9 Å². The molecule has 5 rings (SSSR count). The van der Waals surface area contributed by atoms with Crippen LogP contribution in [0.15, 0.2) is 78.5 Å². The zero-order valence-corrected chi connectivity index (χ0v) is 17.8. The molecule has 160 valence electrons. The lowest BCUT2D eigenvalue weighted by atomic mass is 10.0. The Labute approximate surface area is 190 Å². The Morgan fingerprint density at radius 3 is 2.34 bits per heavy atom. The lowest BCUT2D eigenvalue weighted by Gasteiger charge is -2.19. The van der Waals surface area contributed by atoms with Crippen molar-refractivity contribution in [2.45, 2.75) is 6.54 Å². The third-order valence-electron chi connectivity index (χ3n) is 5.33. The van der Waals surface area contributed by atoms with E-state index in [9.17, 15) is 9.59 Å². The topological polar surface area (TPSA) is 67.9 Å². The fourth-order valence-corrected chi connectivity index (χ4v) is 3.97. The van der Waals surface area contributed by atoms with E-state index < -0.39 is 5.91 Å².